The third-order valence-corrected chi connectivity index (χ3v) is 5.37. The third kappa shape index (κ3) is 5.31. The van der Waals surface area contributed by atoms with Gasteiger partial charge in [0.25, 0.3) is 0 Å². The molecular formula is C25H21ClF3N3O. The summed E-state index contributed by atoms with van der Waals surface area (Å²) in [6.07, 6.45) is -2.09. The number of pyridine rings is 1. The Hall–Kier alpha value is -3.45. The number of alkyl halides is 3. The Morgan fingerprint density at radius 3 is 2.55 bits per heavy atom. The van der Waals surface area contributed by atoms with Crippen molar-refractivity contribution in [3.05, 3.63) is 95.4 Å². The van der Waals surface area contributed by atoms with Crippen molar-refractivity contribution >= 4 is 22.9 Å². The number of hydrogen-bond acceptors (Lipinski definition) is 3. The summed E-state index contributed by atoms with van der Waals surface area (Å²) in [6, 6.07) is 17.2. The molecule has 0 saturated carbocycles. The summed E-state index contributed by atoms with van der Waals surface area (Å²) in [6.45, 7) is 6.76. The molecule has 0 amide bonds. The van der Waals surface area contributed by atoms with Crippen LogP contribution in [0.4, 0.5) is 13.2 Å². The van der Waals surface area contributed by atoms with Crippen LogP contribution < -0.4 is 10.1 Å². The van der Waals surface area contributed by atoms with Gasteiger partial charge in [-0.3, -0.25) is 4.40 Å². The normalized spacial score (nSPS) is 11.5. The molecule has 0 atom stereocenters. The first-order valence-electron chi connectivity index (χ1n) is 10.3. The van der Waals surface area contributed by atoms with E-state index < -0.39 is 6.36 Å². The fourth-order valence-electron chi connectivity index (χ4n) is 3.64. The van der Waals surface area contributed by atoms with Gasteiger partial charge in [0, 0.05) is 23.8 Å². The molecular weight excluding hydrogens is 451 g/mol. The van der Waals surface area contributed by atoms with E-state index >= 15 is 0 Å². The van der Waals surface area contributed by atoms with E-state index in [-0.39, 0.29) is 5.75 Å². The quantitative estimate of drug-likeness (QED) is 0.319. The molecule has 1 N–H and O–H groups in total. The summed E-state index contributed by atoms with van der Waals surface area (Å²) >= 11 is 6.10. The van der Waals surface area contributed by atoms with Gasteiger partial charge >= 0.3 is 6.36 Å². The van der Waals surface area contributed by atoms with E-state index in [1.165, 1.54) is 12.1 Å². The minimum atomic E-state index is -4.71. The molecule has 170 valence electrons. The lowest BCUT2D eigenvalue weighted by atomic mass is 10.0. The minimum absolute atomic E-state index is 0.249. The molecule has 2 aromatic carbocycles. The lowest BCUT2D eigenvalue weighted by Crippen LogP contribution is -2.16. The van der Waals surface area contributed by atoms with Crippen molar-refractivity contribution in [2.24, 2.45) is 0 Å². The second-order valence-corrected chi connectivity index (χ2v) is 7.87. The van der Waals surface area contributed by atoms with E-state index in [4.69, 9.17) is 11.6 Å². The SMILES string of the molecule is C=C(NCc1cccc(-c2ccc(OC(F)(F)F)cc2)c1)c1c(CC)nc2cc(Cl)ccn12. The van der Waals surface area contributed by atoms with E-state index in [9.17, 15) is 13.2 Å². The zero-order valence-corrected chi connectivity index (χ0v) is 18.5. The van der Waals surface area contributed by atoms with Crippen LogP contribution in [-0.4, -0.2) is 15.7 Å². The van der Waals surface area contributed by atoms with Gasteiger partial charge in [0.05, 0.1) is 17.1 Å². The van der Waals surface area contributed by atoms with E-state index in [1.54, 1.807) is 18.2 Å². The molecule has 33 heavy (non-hydrogen) atoms. The summed E-state index contributed by atoms with van der Waals surface area (Å²) in [4.78, 5) is 4.65. The van der Waals surface area contributed by atoms with Gasteiger partial charge in [-0.2, -0.15) is 0 Å². The first-order valence-corrected chi connectivity index (χ1v) is 10.7. The summed E-state index contributed by atoms with van der Waals surface area (Å²) in [5.74, 6) is -0.249. The van der Waals surface area contributed by atoms with Gasteiger partial charge < -0.3 is 10.1 Å². The van der Waals surface area contributed by atoms with Crippen molar-refractivity contribution in [1.29, 1.82) is 0 Å². The number of aromatic nitrogens is 2. The molecule has 4 nitrogen and oxygen atoms in total. The molecule has 0 fully saturated rings. The van der Waals surface area contributed by atoms with Crippen LogP contribution in [0.5, 0.6) is 5.75 Å². The van der Waals surface area contributed by atoms with Crippen LogP contribution in [0.1, 0.15) is 23.9 Å². The van der Waals surface area contributed by atoms with Gasteiger partial charge in [0.1, 0.15) is 11.4 Å². The number of ether oxygens (including phenoxy) is 1. The topological polar surface area (TPSA) is 38.6 Å². The van der Waals surface area contributed by atoms with Crippen molar-refractivity contribution in [2.75, 3.05) is 0 Å². The summed E-state index contributed by atoms with van der Waals surface area (Å²) < 4.78 is 43.0. The average Bonchev–Trinajstić information content (AvgIpc) is 3.15. The number of aryl methyl sites for hydroxylation is 1. The van der Waals surface area contributed by atoms with Crippen LogP contribution >= 0.6 is 11.6 Å². The standard InChI is InChI=1S/C25H21ClF3N3O/c1-3-22-24(32-12-11-20(26)14-23(32)31-22)16(2)30-15-17-5-4-6-19(13-17)18-7-9-21(10-8-18)33-25(27,28)29/h4-14,30H,2-3,15H2,1H3. The number of nitrogens with one attached hydrogen (secondary N) is 1. The zero-order chi connectivity index (χ0) is 23.6. The molecule has 2 heterocycles. The van der Waals surface area contributed by atoms with Crippen LogP contribution in [0.15, 0.2) is 73.4 Å². The maximum absolute atomic E-state index is 12.4. The fraction of sp³-hybridized carbons (Fsp3) is 0.160. The second-order valence-electron chi connectivity index (χ2n) is 7.44. The van der Waals surface area contributed by atoms with E-state index in [1.807, 2.05) is 47.9 Å². The molecule has 0 spiro atoms. The van der Waals surface area contributed by atoms with Gasteiger partial charge in [0.2, 0.25) is 0 Å². The highest BCUT2D eigenvalue weighted by Gasteiger charge is 2.30. The Morgan fingerprint density at radius 2 is 1.85 bits per heavy atom. The van der Waals surface area contributed by atoms with Crippen LogP contribution in [-0.2, 0) is 13.0 Å². The smallest absolute Gasteiger partial charge is 0.406 e. The third-order valence-electron chi connectivity index (χ3n) is 5.14. The Bertz CT molecular complexity index is 1300. The molecule has 0 aliphatic carbocycles. The molecule has 0 unspecified atom stereocenters. The number of rotatable bonds is 7. The lowest BCUT2D eigenvalue weighted by Gasteiger charge is -2.13. The van der Waals surface area contributed by atoms with E-state index in [0.717, 1.165) is 45.8 Å². The molecule has 0 aliphatic heterocycles. The van der Waals surface area contributed by atoms with Crippen molar-refractivity contribution in [3.63, 3.8) is 0 Å². The Morgan fingerprint density at radius 1 is 1.09 bits per heavy atom. The van der Waals surface area contributed by atoms with Crippen molar-refractivity contribution in [2.45, 2.75) is 26.3 Å². The second kappa shape index (κ2) is 9.19. The van der Waals surface area contributed by atoms with Crippen molar-refractivity contribution in [1.82, 2.24) is 14.7 Å². The van der Waals surface area contributed by atoms with Crippen LogP contribution in [0, 0.1) is 0 Å². The molecule has 2 aromatic heterocycles. The molecule has 0 radical (unpaired) electrons. The number of fused-ring (bicyclic) bond motifs is 1. The highest BCUT2D eigenvalue weighted by molar-refractivity contribution is 6.30. The van der Waals surface area contributed by atoms with Gasteiger partial charge in [-0.25, -0.2) is 4.98 Å². The van der Waals surface area contributed by atoms with Crippen molar-refractivity contribution < 1.29 is 17.9 Å². The molecule has 0 aliphatic rings. The molecule has 0 saturated heterocycles. The monoisotopic (exact) mass is 471 g/mol. The number of imidazole rings is 1. The van der Waals surface area contributed by atoms with Gasteiger partial charge in [-0.15, -0.1) is 13.2 Å². The predicted molar refractivity (Wildman–Crippen MR) is 124 cm³/mol. The number of benzene rings is 2. The van der Waals surface area contributed by atoms with Gasteiger partial charge in [-0.05, 0) is 47.4 Å². The first kappa shape index (κ1) is 22.7. The van der Waals surface area contributed by atoms with Crippen LogP contribution in [0.2, 0.25) is 5.02 Å². The predicted octanol–water partition coefficient (Wildman–Crippen LogP) is 6.88. The summed E-state index contributed by atoms with van der Waals surface area (Å²) in [5.41, 5.74) is 6.00. The zero-order valence-electron chi connectivity index (χ0n) is 17.8. The largest absolute Gasteiger partial charge is 0.573 e. The summed E-state index contributed by atoms with van der Waals surface area (Å²) in [7, 11) is 0. The van der Waals surface area contributed by atoms with E-state index in [2.05, 4.69) is 21.6 Å². The highest BCUT2D eigenvalue weighted by Crippen LogP contribution is 2.27. The lowest BCUT2D eigenvalue weighted by molar-refractivity contribution is -0.274. The first-order chi connectivity index (χ1) is 15.7. The molecule has 0 bridgehead atoms. The maximum Gasteiger partial charge on any atom is 0.573 e. The van der Waals surface area contributed by atoms with Crippen molar-refractivity contribution in [3.8, 4) is 16.9 Å². The van der Waals surface area contributed by atoms with Crippen LogP contribution in [0.25, 0.3) is 22.5 Å². The molecule has 4 rings (SSSR count). The highest BCUT2D eigenvalue weighted by atomic mass is 35.5. The average molecular weight is 472 g/mol. The molecule has 8 heteroatoms. The fourth-order valence-corrected chi connectivity index (χ4v) is 3.79. The Balaban J connectivity index is 1.50. The minimum Gasteiger partial charge on any atom is -0.406 e. The summed E-state index contributed by atoms with van der Waals surface area (Å²) in [5, 5.41) is 3.98. The van der Waals surface area contributed by atoms with E-state index in [0.29, 0.717) is 11.6 Å². The Kier molecular flexibility index (Phi) is 6.33. The number of halogens is 4. The maximum atomic E-state index is 12.4. The van der Waals surface area contributed by atoms with Gasteiger partial charge in [-0.1, -0.05) is 55.4 Å². The van der Waals surface area contributed by atoms with Gasteiger partial charge in [0.15, 0.2) is 0 Å². The Labute approximate surface area is 194 Å². The number of hydrogen-bond donors (Lipinski definition) is 1. The molecule has 4 aromatic rings. The van der Waals surface area contributed by atoms with Crippen LogP contribution in [0.3, 0.4) is 0 Å². The number of nitrogens with zero attached hydrogens (tertiary/aromatic N) is 2.